The van der Waals surface area contributed by atoms with Crippen molar-refractivity contribution in [3.8, 4) is 0 Å². The van der Waals surface area contributed by atoms with Gasteiger partial charge < -0.3 is 5.32 Å². The summed E-state index contributed by atoms with van der Waals surface area (Å²) in [6.07, 6.45) is 2.51. The standard InChI is InChI=1S/C17H15ClN2O2S/c18-15-2-4-17-13(9-15)6-8-20(17)23(21,22)16-3-1-12-5-7-19-11-14(12)10-16/h1-4,6,8-10,19H,5,7,11H2. The van der Waals surface area contributed by atoms with Crippen LogP contribution in [0.2, 0.25) is 5.02 Å². The van der Waals surface area contributed by atoms with Crippen molar-refractivity contribution in [2.24, 2.45) is 0 Å². The van der Waals surface area contributed by atoms with Crippen molar-refractivity contribution in [3.63, 3.8) is 0 Å². The average molecular weight is 347 g/mol. The number of hydrogen-bond donors (Lipinski definition) is 1. The highest BCUT2D eigenvalue weighted by Crippen LogP contribution is 2.26. The summed E-state index contributed by atoms with van der Waals surface area (Å²) >= 11 is 5.97. The Morgan fingerprint density at radius 3 is 2.78 bits per heavy atom. The Labute approximate surface area is 139 Å². The van der Waals surface area contributed by atoms with Crippen molar-refractivity contribution in [1.29, 1.82) is 0 Å². The summed E-state index contributed by atoms with van der Waals surface area (Å²) in [6.45, 7) is 1.64. The fourth-order valence-corrected chi connectivity index (χ4v) is 4.61. The molecular formula is C17H15ClN2O2S. The molecule has 0 unspecified atom stereocenters. The van der Waals surface area contributed by atoms with E-state index in [0.717, 1.165) is 23.9 Å². The normalized spacial score (nSPS) is 14.8. The summed E-state index contributed by atoms with van der Waals surface area (Å²) in [5.74, 6) is 0. The summed E-state index contributed by atoms with van der Waals surface area (Å²) in [4.78, 5) is 0.312. The first-order valence-corrected chi connectivity index (χ1v) is 9.22. The van der Waals surface area contributed by atoms with Gasteiger partial charge >= 0.3 is 0 Å². The largest absolute Gasteiger partial charge is 0.312 e. The van der Waals surface area contributed by atoms with Crippen LogP contribution in [0.5, 0.6) is 0 Å². The number of rotatable bonds is 2. The van der Waals surface area contributed by atoms with E-state index in [9.17, 15) is 8.42 Å². The number of fused-ring (bicyclic) bond motifs is 2. The van der Waals surface area contributed by atoms with Gasteiger partial charge in [-0.15, -0.1) is 0 Å². The first-order chi connectivity index (χ1) is 11.1. The van der Waals surface area contributed by atoms with E-state index >= 15 is 0 Å². The predicted molar refractivity (Wildman–Crippen MR) is 91.4 cm³/mol. The topological polar surface area (TPSA) is 51.1 Å². The monoisotopic (exact) mass is 346 g/mol. The SMILES string of the molecule is O=S(=O)(c1ccc2c(c1)CNCC2)n1ccc2cc(Cl)ccc21. The molecule has 0 aliphatic carbocycles. The molecule has 0 spiro atoms. The van der Waals surface area contributed by atoms with Crippen molar-refractivity contribution in [3.05, 3.63) is 64.8 Å². The maximum absolute atomic E-state index is 13.0. The molecule has 2 heterocycles. The Kier molecular flexibility index (Phi) is 3.44. The van der Waals surface area contributed by atoms with Gasteiger partial charge in [-0.3, -0.25) is 0 Å². The van der Waals surface area contributed by atoms with Crippen LogP contribution in [0, 0.1) is 0 Å². The smallest absolute Gasteiger partial charge is 0.268 e. The third-order valence-electron chi connectivity index (χ3n) is 4.24. The van der Waals surface area contributed by atoms with E-state index in [1.54, 1.807) is 42.6 Å². The molecule has 0 amide bonds. The quantitative estimate of drug-likeness (QED) is 0.775. The van der Waals surface area contributed by atoms with Crippen molar-refractivity contribution >= 4 is 32.5 Å². The van der Waals surface area contributed by atoms with E-state index in [2.05, 4.69) is 5.32 Å². The molecule has 118 valence electrons. The minimum atomic E-state index is -3.62. The first-order valence-electron chi connectivity index (χ1n) is 7.40. The van der Waals surface area contributed by atoms with E-state index in [4.69, 9.17) is 11.6 Å². The maximum atomic E-state index is 13.0. The number of halogens is 1. The van der Waals surface area contributed by atoms with Crippen LogP contribution in [0.1, 0.15) is 11.1 Å². The summed E-state index contributed by atoms with van der Waals surface area (Å²) in [5, 5.41) is 4.67. The van der Waals surface area contributed by atoms with E-state index in [-0.39, 0.29) is 0 Å². The Hall–Kier alpha value is -1.82. The molecule has 1 aliphatic rings. The van der Waals surface area contributed by atoms with Gasteiger partial charge in [0.05, 0.1) is 10.4 Å². The molecule has 3 aromatic rings. The van der Waals surface area contributed by atoms with Gasteiger partial charge in [-0.05, 0) is 60.5 Å². The van der Waals surface area contributed by atoms with Gasteiger partial charge in [-0.1, -0.05) is 17.7 Å². The molecule has 0 atom stereocenters. The average Bonchev–Trinajstić information content (AvgIpc) is 2.98. The fourth-order valence-electron chi connectivity index (χ4n) is 3.03. The van der Waals surface area contributed by atoms with Gasteiger partial charge in [0, 0.05) is 23.2 Å². The van der Waals surface area contributed by atoms with Crippen LogP contribution in [0.15, 0.2) is 53.6 Å². The molecule has 1 aromatic heterocycles. The number of aromatic nitrogens is 1. The minimum Gasteiger partial charge on any atom is -0.312 e. The van der Waals surface area contributed by atoms with Gasteiger partial charge in [0.1, 0.15) is 0 Å². The zero-order valence-corrected chi connectivity index (χ0v) is 13.9. The third-order valence-corrected chi connectivity index (χ3v) is 6.16. The highest BCUT2D eigenvalue weighted by atomic mass is 35.5. The van der Waals surface area contributed by atoms with E-state index in [0.29, 0.717) is 22.0 Å². The van der Waals surface area contributed by atoms with Gasteiger partial charge in [-0.2, -0.15) is 0 Å². The van der Waals surface area contributed by atoms with Gasteiger partial charge in [-0.25, -0.2) is 12.4 Å². The van der Waals surface area contributed by atoms with Crippen molar-refractivity contribution in [1.82, 2.24) is 9.29 Å². The Morgan fingerprint density at radius 2 is 1.91 bits per heavy atom. The zero-order chi connectivity index (χ0) is 16.0. The second kappa shape index (κ2) is 5.37. The molecule has 23 heavy (non-hydrogen) atoms. The van der Waals surface area contributed by atoms with Gasteiger partial charge in [0.25, 0.3) is 10.0 Å². The van der Waals surface area contributed by atoms with E-state index in [1.807, 2.05) is 6.07 Å². The maximum Gasteiger partial charge on any atom is 0.268 e. The molecule has 0 saturated carbocycles. The molecule has 0 radical (unpaired) electrons. The first kappa shape index (κ1) is 14.8. The van der Waals surface area contributed by atoms with Crippen LogP contribution in [0.3, 0.4) is 0 Å². The second-order valence-electron chi connectivity index (χ2n) is 5.68. The Bertz CT molecular complexity index is 1010. The summed E-state index contributed by atoms with van der Waals surface area (Å²) in [6, 6.07) is 12.4. The lowest BCUT2D eigenvalue weighted by Crippen LogP contribution is -2.24. The fraction of sp³-hybridized carbons (Fsp3) is 0.176. The molecule has 2 aromatic carbocycles. The van der Waals surface area contributed by atoms with Gasteiger partial charge in [0.15, 0.2) is 0 Å². The van der Waals surface area contributed by atoms with Crippen molar-refractivity contribution in [2.75, 3.05) is 6.54 Å². The van der Waals surface area contributed by atoms with Crippen LogP contribution < -0.4 is 5.32 Å². The second-order valence-corrected chi connectivity index (χ2v) is 7.93. The van der Waals surface area contributed by atoms with Crippen molar-refractivity contribution in [2.45, 2.75) is 17.9 Å². The molecule has 1 aliphatic heterocycles. The highest BCUT2D eigenvalue weighted by molar-refractivity contribution is 7.90. The number of hydrogen-bond acceptors (Lipinski definition) is 3. The lowest BCUT2D eigenvalue weighted by molar-refractivity contribution is 0.588. The van der Waals surface area contributed by atoms with Gasteiger partial charge in [0.2, 0.25) is 0 Å². The molecule has 1 N–H and O–H groups in total. The summed E-state index contributed by atoms with van der Waals surface area (Å²) in [7, 11) is -3.62. The zero-order valence-electron chi connectivity index (χ0n) is 12.3. The third kappa shape index (κ3) is 2.45. The minimum absolute atomic E-state index is 0.312. The molecule has 4 rings (SSSR count). The van der Waals surface area contributed by atoms with E-state index in [1.165, 1.54) is 9.54 Å². The Morgan fingerprint density at radius 1 is 1.04 bits per heavy atom. The molecule has 4 nitrogen and oxygen atoms in total. The number of nitrogens with zero attached hydrogens (tertiary/aromatic N) is 1. The molecular weight excluding hydrogens is 332 g/mol. The summed E-state index contributed by atoms with van der Waals surface area (Å²) in [5.41, 5.74) is 2.90. The van der Waals surface area contributed by atoms with Crippen LogP contribution >= 0.6 is 11.6 Å². The van der Waals surface area contributed by atoms with Crippen LogP contribution in [0.4, 0.5) is 0 Å². The van der Waals surface area contributed by atoms with E-state index < -0.39 is 10.0 Å². The van der Waals surface area contributed by atoms with Crippen LogP contribution in [-0.4, -0.2) is 18.9 Å². The number of nitrogens with one attached hydrogen (secondary N) is 1. The van der Waals surface area contributed by atoms with Crippen LogP contribution in [0.25, 0.3) is 10.9 Å². The highest BCUT2D eigenvalue weighted by Gasteiger charge is 2.21. The summed E-state index contributed by atoms with van der Waals surface area (Å²) < 4.78 is 27.3. The lowest BCUT2D eigenvalue weighted by atomic mass is 10.0. The molecule has 6 heteroatoms. The Balaban J connectivity index is 1.86. The van der Waals surface area contributed by atoms with Crippen LogP contribution in [-0.2, 0) is 23.0 Å². The number of benzene rings is 2. The molecule has 0 saturated heterocycles. The predicted octanol–water partition coefficient (Wildman–Crippen LogP) is 3.18. The van der Waals surface area contributed by atoms with Crippen molar-refractivity contribution < 1.29 is 8.42 Å². The lowest BCUT2D eigenvalue weighted by Gasteiger charge is -2.18. The molecule has 0 fully saturated rings. The molecule has 0 bridgehead atoms.